The molecule has 1 N–H and O–H groups in total. The Balaban J connectivity index is 3.40. The maximum absolute atomic E-state index is 9.99. The Labute approximate surface area is 51.9 Å². The monoisotopic (exact) mass is 133 g/mol. The number of hydrogen-bond acceptors (Lipinski definition) is 1. The number of rotatable bonds is 3. The first kappa shape index (κ1) is 7.72. The fraction of sp³-hybridized carbons (Fsp3) is 0.400. The van der Waals surface area contributed by atoms with E-state index >= 15 is 0 Å². The molecule has 0 bridgehead atoms. The molecule has 0 amide bonds. The van der Waals surface area contributed by atoms with Crippen molar-refractivity contribution in [1.82, 2.24) is 0 Å². The summed E-state index contributed by atoms with van der Waals surface area (Å²) in [5.41, 5.74) is 0.714. The summed E-state index contributed by atoms with van der Waals surface area (Å²) in [7, 11) is 0. The highest BCUT2D eigenvalue weighted by Crippen LogP contribution is 1.95. The van der Waals surface area contributed by atoms with Gasteiger partial charge in [0, 0.05) is 0 Å². The van der Waals surface area contributed by atoms with Crippen LogP contribution in [-0.4, -0.2) is 14.5 Å². The fourth-order valence-electron chi connectivity index (χ4n) is 0.247. The van der Waals surface area contributed by atoms with Crippen LogP contribution >= 0.6 is 0 Å². The average Bonchev–Trinajstić information content (AvgIpc) is 1.65. The zero-order valence-corrected chi connectivity index (χ0v) is 5.41. The quantitative estimate of drug-likeness (QED) is 0.354. The van der Waals surface area contributed by atoms with Crippen molar-refractivity contribution in [3.05, 3.63) is 19.1 Å². The molecule has 0 saturated carbocycles. The van der Waals surface area contributed by atoms with Crippen LogP contribution in [0.4, 0.5) is 0 Å². The van der Waals surface area contributed by atoms with Crippen LogP contribution in [-0.2, 0) is 11.1 Å². The van der Waals surface area contributed by atoms with E-state index in [4.69, 9.17) is 4.55 Å². The molecule has 1 atom stereocenters. The van der Waals surface area contributed by atoms with Gasteiger partial charge in [-0.2, -0.15) is 0 Å². The molecule has 0 spiro atoms. The minimum atomic E-state index is -1.74. The van der Waals surface area contributed by atoms with Crippen molar-refractivity contribution < 1.29 is 8.76 Å². The van der Waals surface area contributed by atoms with Gasteiger partial charge < -0.3 is 4.55 Å². The SMILES string of the molecule is C=C(C[CH2+])CS(=O)O. The molecule has 0 aromatic carbocycles. The molecule has 0 rings (SSSR count). The van der Waals surface area contributed by atoms with Crippen LogP contribution in [0.1, 0.15) is 6.42 Å². The molecule has 8 heavy (non-hydrogen) atoms. The van der Waals surface area contributed by atoms with Gasteiger partial charge in [-0.25, -0.2) is 4.21 Å². The van der Waals surface area contributed by atoms with Crippen molar-refractivity contribution in [1.29, 1.82) is 0 Å². The molecule has 0 aliphatic rings. The van der Waals surface area contributed by atoms with Gasteiger partial charge in [0.1, 0.15) is 6.42 Å². The van der Waals surface area contributed by atoms with E-state index < -0.39 is 11.1 Å². The maximum Gasteiger partial charge on any atom is 0.157 e. The predicted octanol–water partition coefficient (Wildman–Crippen LogP) is 0.988. The smallest absolute Gasteiger partial charge is 0.157 e. The summed E-state index contributed by atoms with van der Waals surface area (Å²) in [6.07, 6.45) is 0.534. The Morgan fingerprint density at radius 2 is 2.38 bits per heavy atom. The van der Waals surface area contributed by atoms with Crippen molar-refractivity contribution in [3.8, 4) is 0 Å². The molecular formula is C5H9O2S+. The van der Waals surface area contributed by atoms with E-state index in [2.05, 4.69) is 13.5 Å². The van der Waals surface area contributed by atoms with E-state index in [9.17, 15) is 4.21 Å². The van der Waals surface area contributed by atoms with Gasteiger partial charge in [0.2, 0.25) is 0 Å². The average molecular weight is 133 g/mol. The molecular weight excluding hydrogens is 124 g/mol. The lowest BCUT2D eigenvalue weighted by Crippen LogP contribution is -1.96. The summed E-state index contributed by atoms with van der Waals surface area (Å²) >= 11 is -1.74. The Kier molecular flexibility index (Phi) is 3.56. The molecule has 0 aromatic rings. The van der Waals surface area contributed by atoms with Gasteiger partial charge in [0.15, 0.2) is 11.1 Å². The van der Waals surface area contributed by atoms with Gasteiger partial charge in [-0.15, -0.1) is 0 Å². The zero-order valence-electron chi connectivity index (χ0n) is 4.59. The summed E-state index contributed by atoms with van der Waals surface area (Å²) in [6, 6.07) is 0. The van der Waals surface area contributed by atoms with Crippen LogP contribution in [0, 0.1) is 6.92 Å². The van der Waals surface area contributed by atoms with Gasteiger partial charge in [0.05, 0.1) is 12.7 Å². The lowest BCUT2D eigenvalue weighted by atomic mass is 10.3. The summed E-state index contributed by atoms with van der Waals surface area (Å²) in [6.45, 7) is 6.99. The molecule has 0 aromatic heterocycles. The normalized spacial score (nSPS) is 13.1. The molecule has 1 unspecified atom stereocenters. The molecule has 0 radical (unpaired) electrons. The van der Waals surface area contributed by atoms with Crippen molar-refractivity contribution in [2.24, 2.45) is 0 Å². The van der Waals surface area contributed by atoms with Gasteiger partial charge in [0.25, 0.3) is 0 Å². The van der Waals surface area contributed by atoms with E-state index in [1.165, 1.54) is 0 Å². The molecule has 3 heteroatoms. The molecule has 0 saturated heterocycles. The summed E-state index contributed by atoms with van der Waals surface area (Å²) in [4.78, 5) is 0. The Morgan fingerprint density at radius 1 is 1.88 bits per heavy atom. The van der Waals surface area contributed by atoms with Crippen LogP contribution in [0.15, 0.2) is 12.2 Å². The van der Waals surface area contributed by atoms with Crippen molar-refractivity contribution in [3.63, 3.8) is 0 Å². The highest BCUT2D eigenvalue weighted by molar-refractivity contribution is 7.79. The van der Waals surface area contributed by atoms with Crippen molar-refractivity contribution >= 4 is 11.1 Å². The summed E-state index contributed by atoms with van der Waals surface area (Å²) in [5.74, 6) is 0.156. The van der Waals surface area contributed by atoms with Crippen LogP contribution in [0.2, 0.25) is 0 Å². The van der Waals surface area contributed by atoms with Gasteiger partial charge >= 0.3 is 0 Å². The first-order chi connectivity index (χ1) is 3.66. The molecule has 0 fully saturated rings. The largest absolute Gasteiger partial charge is 0.306 e. The highest BCUT2D eigenvalue weighted by Gasteiger charge is 1.97. The van der Waals surface area contributed by atoms with Gasteiger partial charge in [-0.1, -0.05) is 6.58 Å². The van der Waals surface area contributed by atoms with Gasteiger partial charge in [-0.3, -0.25) is 0 Å². The third-order valence-electron chi connectivity index (χ3n) is 0.681. The van der Waals surface area contributed by atoms with Crippen LogP contribution in [0.25, 0.3) is 0 Å². The van der Waals surface area contributed by atoms with Crippen molar-refractivity contribution in [2.45, 2.75) is 6.42 Å². The fourth-order valence-corrected chi connectivity index (χ4v) is 0.740. The van der Waals surface area contributed by atoms with Crippen molar-refractivity contribution in [2.75, 3.05) is 5.75 Å². The van der Waals surface area contributed by atoms with Gasteiger partial charge in [-0.05, 0) is 5.57 Å². The van der Waals surface area contributed by atoms with E-state index in [1.807, 2.05) is 0 Å². The lowest BCUT2D eigenvalue weighted by molar-refractivity contribution is 0.566. The lowest BCUT2D eigenvalue weighted by Gasteiger charge is -1.89. The topological polar surface area (TPSA) is 37.3 Å². The highest BCUT2D eigenvalue weighted by atomic mass is 32.2. The summed E-state index contributed by atoms with van der Waals surface area (Å²) < 4.78 is 18.2. The second-order valence-corrected chi connectivity index (χ2v) is 2.40. The summed E-state index contributed by atoms with van der Waals surface area (Å²) in [5, 5.41) is 0. The minimum Gasteiger partial charge on any atom is -0.306 e. The standard InChI is InChI=1S/C5H8O2S/c1-3-5(2)4-8(6)7/h1-4H2/p+1. The molecule has 46 valence electrons. The second kappa shape index (κ2) is 3.69. The second-order valence-electron chi connectivity index (χ2n) is 1.47. The third-order valence-corrected chi connectivity index (χ3v) is 1.34. The van der Waals surface area contributed by atoms with E-state index in [0.717, 1.165) is 0 Å². The Bertz CT molecular complexity index is 109. The van der Waals surface area contributed by atoms with E-state index in [0.29, 0.717) is 12.0 Å². The third kappa shape index (κ3) is 3.89. The first-order valence-electron chi connectivity index (χ1n) is 2.20. The molecule has 0 aliphatic heterocycles. The first-order valence-corrected chi connectivity index (χ1v) is 3.47. The maximum atomic E-state index is 9.99. The Hall–Kier alpha value is -0.280. The molecule has 0 heterocycles. The van der Waals surface area contributed by atoms with E-state index in [1.54, 1.807) is 0 Å². The Morgan fingerprint density at radius 3 is 2.50 bits per heavy atom. The minimum absolute atomic E-state index is 0.156. The zero-order chi connectivity index (χ0) is 6.57. The van der Waals surface area contributed by atoms with Crippen LogP contribution < -0.4 is 0 Å². The van der Waals surface area contributed by atoms with Crippen LogP contribution in [0.3, 0.4) is 0 Å². The predicted molar refractivity (Wildman–Crippen MR) is 34.8 cm³/mol. The van der Waals surface area contributed by atoms with E-state index in [-0.39, 0.29) is 5.75 Å². The number of hydrogen-bond donors (Lipinski definition) is 1. The molecule has 0 aliphatic carbocycles. The van der Waals surface area contributed by atoms with Crippen LogP contribution in [0.5, 0.6) is 0 Å². The molecule has 2 nitrogen and oxygen atoms in total.